The molecule has 0 radical (unpaired) electrons. The minimum absolute atomic E-state index is 0.0325. The van der Waals surface area contributed by atoms with Gasteiger partial charge >= 0.3 is 5.97 Å². The smallest absolute Gasteiger partial charge is 0.319 e. The predicted molar refractivity (Wildman–Crippen MR) is 149 cm³/mol. The fourth-order valence-corrected chi connectivity index (χ4v) is 6.18. The number of ether oxygens (including phenoxy) is 1. The highest BCUT2D eigenvalue weighted by Crippen LogP contribution is 2.38. The predicted octanol–water partition coefficient (Wildman–Crippen LogP) is 9.13. The topological polar surface area (TPSA) is 44.8 Å². The van der Waals surface area contributed by atoms with Gasteiger partial charge in [-0.15, -0.1) is 0 Å². The Bertz CT molecular complexity index is 973. The van der Waals surface area contributed by atoms with E-state index in [4.69, 9.17) is 14.5 Å². The lowest BCUT2D eigenvalue weighted by atomic mass is 9.77. The van der Waals surface area contributed by atoms with E-state index in [0.29, 0.717) is 11.8 Å². The van der Waals surface area contributed by atoms with E-state index in [2.05, 4.69) is 32.2 Å². The van der Waals surface area contributed by atoms with Crippen molar-refractivity contribution >= 4 is 5.97 Å². The van der Waals surface area contributed by atoms with E-state index >= 15 is 0 Å². The summed E-state index contributed by atoms with van der Waals surface area (Å²) >= 11 is 0. The van der Waals surface area contributed by atoms with E-state index in [9.17, 15) is 9.18 Å². The van der Waals surface area contributed by atoms with Gasteiger partial charge in [0.05, 0.1) is 0 Å². The molecule has 1 aromatic rings. The fourth-order valence-electron chi connectivity index (χ4n) is 6.18. The van der Waals surface area contributed by atoms with Crippen molar-refractivity contribution in [3.63, 3.8) is 0 Å². The number of rotatable bonds is 10. The molecule has 0 spiro atoms. The Balaban J connectivity index is 1.18. The number of allylic oxidation sites excluding steroid dienone is 3. The fraction of sp³-hybridized carbons (Fsp3) is 0.606. The summed E-state index contributed by atoms with van der Waals surface area (Å²) in [4.78, 5) is 22.9. The molecule has 0 amide bonds. The van der Waals surface area contributed by atoms with Gasteiger partial charge in [-0.25, -0.2) is 4.39 Å². The summed E-state index contributed by atoms with van der Waals surface area (Å²) < 4.78 is 20.1. The Labute approximate surface area is 228 Å². The Hall–Kier alpha value is -2.40. The molecule has 3 saturated carbocycles. The van der Waals surface area contributed by atoms with Gasteiger partial charge < -0.3 is 9.62 Å². The highest BCUT2D eigenvalue weighted by Gasteiger charge is 2.24. The second-order valence-electron chi connectivity index (χ2n) is 11.7. The van der Waals surface area contributed by atoms with Gasteiger partial charge in [-0.3, -0.25) is 4.79 Å². The first-order valence-electron chi connectivity index (χ1n) is 14.8. The molecule has 0 bridgehead atoms. The van der Waals surface area contributed by atoms with Crippen LogP contribution in [0, 0.1) is 23.6 Å². The quantitative estimate of drug-likeness (QED) is 0.0764. The number of halogens is 1. The molecule has 0 heterocycles. The van der Waals surface area contributed by atoms with Crippen molar-refractivity contribution in [3.05, 3.63) is 66.2 Å². The molecule has 4 rings (SSSR count). The monoisotopic (exact) mass is 524 g/mol. The SMILES string of the molecule is C=C1CCC(OOC(=C)CC(=O)Oc2ccc(C3CCC(C=CC4CCC(CC)CC4)CC3)cc2F)CC1. The molecule has 38 heavy (non-hydrogen) atoms. The van der Waals surface area contributed by atoms with Crippen LogP contribution in [-0.2, 0) is 14.6 Å². The van der Waals surface area contributed by atoms with E-state index in [0.717, 1.165) is 68.8 Å². The molecule has 1 aromatic carbocycles. The van der Waals surface area contributed by atoms with Crippen LogP contribution in [0.5, 0.6) is 5.75 Å². The van der Waals surface area contributed by atoms with Crippen molar-refractivity contribution in [1.29, 1.82) is 0 Å². The summed E-state index contributed by atoms with van der Waals surface area (Å²) in [6, 6.07) is 4.99. The molecular formula is C33H45FO4. The molecule has 0 atom stereocenters. The molecule has 0 aliphatic heterocycles. The first-order valence-corrected chi connectivity index (χ1v) is 14.8. The van der Waals surface area contributed by atoms with E-state index in [1.54, 1.807) is 6.07 Å². The number of hydrogen-bond donors (Lipinski definition) is 0. The molecular weight excluding hydrogens is 479 g/mol. The zero-order valence-electron chi connectivity index (χ0n) is 23.1. The van der Waals surface area contributed by atoms with Gasteiger partial charge in [0.15, 0.2) is 11.6 Å². The molecule has 3 aliphatic rings. The zero-order valence-corrected chi connectivity index (χ0v) is 23.1. The first-order chi connectivity index (χ1) is 18.4. The third kappa shape index (κ3) is 8.56. The number of carbonyl (C=O) groups excluding carboxylic acids is 1. The third-order valence-corrected chi connectivity index (χ3v) is 8.83. The molecule has 0 N–H and O–H groups in total. The largest absolute Gasteiger partial charge is 0.423 e. The minimum Gasteiger partial charge on any atom is -0.423 e. The standard InChI is InChI=1S/C33H45FO4/c1-4-25-7-9-26(10-8-25)11-12-27-13-15-28(16-14-27)29-17-20-32(31(34)22-29)36-33(35)21-24(3)37-38-30-18-5-23(2)6-19-30/h11-12,17,20,22,25-28,30H,2-10,13-16,18-19,21H2,1H3. The molecule has 3 fully saturated rings. The van der Waals surface area contributed by atoms with Crippen LogP contribution in [0.3, 0.4) is 0 Å². The van der Waals surface area contributed by atoms with Crippen molar-refractivity contribution in [3.8, 4) is 5.75 Å². The maximum absolute atomic E-state index is 14.8. The van der Waals surface area contributed by atoms with Crippen LogP contribution in [0.1, 0.15) is 108 Å². The van der Waals surface area contributed by atoms with Crippen molar-refractivity contribution < 1.29 is 23.7 Å². The molecule has 5 heteroatoms. The average molecular weight is 525 g/mol. The second kappa shape index (κ2) is 14.1. The normalized spacial score (nSPS) is 26.8. The Morgan fingerprint density at radius 3 is 2.21 bits per heavy atom. The van der Waals surface area contributed by atoms with E-state index in [1.807, 2.05) is 6.07 Å². The van der Waals surface area contributed by atoms with Crippen LogP contribution in [0.15, 0.2) is 54.8 Å². The number of esters is 1. The van der Waals surface area contributed by atoms with Crippen molar-refractivity contribution in [1.82, 2.24) is 0 Å². The van der Waals surface area contributed by atoms with Gasteiger partial charge in [-0.1, -0.05) is 50.3 Å². The van der Waals surface area contributed by atoms with Gasteiger partial charge in [-0.05, 0) is 118 Å². The van der Waals surface area contributed by atoms with Crippen molar-refractivity contribution in [2.75, 3.05) is 0 Å². The summed E-state index contributed by atoms with van der Waals surface area (Å²) in [5, 5.41) is 0. The maximum Gasteiger partial charge on any atom is 0.319 e. The van der Waals surface area contributed by atoms with Crippen molar-refractivity contribution in [2.24, 2.45) is 17.8 Å². The van der Waals surface area contributed by atoms with Gasteiger partial charge in [0.25, 0.3) is 0 Å². The highest BCUT2D eigenvalue weighted by atomic mass is 19.1. The lowest BCUT2D eigenvalue weighted by Gasteiger charge is -2.29. The molecule has 4 nitrogen and oxygen atoms in total. The molecule has 0 unspecified atom stereocenters. The van der Waals surface area contributed by atoms with Crippen molar-refractivity contribution in [2.45, 2.75) is 109 Å². The van der Waals surface area contributed by atoms with Crippen LogP contribution in [0.25, 0.3) is 0 Å². The first kappa shape index (κ1) is 28.6. The van der Waals surface area contributed by atoms with Gasteiger partial charge in [0.2, 0.25) is 0 Å². The third-order valence-electron chi connectivity index (χ3n) is 8.83. The zero-order chi connectivity index (χ0) is 26.9. The van der Waals surface area contributed by atoms with E-state index < -0.39 is 11.8 Å². The van der Waals surface area contributed by atoms with Gasteiger partial charge in [0.1, 0.15) is 18.3 Å². The Morgan fingerprint density at radius 2 is 1.61 bits per heavy atom. The lowest BCUT2D eigenvalue weighted by molar-refractivity contribution is -0.299. The highest BCUT2D eigenvalue weighted by molar-refractivity contribution is 5.74. The summed E-state index contributed by atoms with van der Waals surface area (Å²) in [6.07, 6.45) is 19.4. The minimum atomic E-state index is -0.627. The summed E-state index contributed by atoms with van der Waals surface area (Å²) in [7, 11) is 0. The average Bonchev–Trinajstić information content (AvgIpc) is 2.93. The second-order valence-corrected chi connectivity index (χ2v) is 11.7. The summed E-state index contributed by atoms with van der Waals surface area (Å²) in [5.74, 6) is 1.63. The number of carbonyl (C=O) groups is 1. The van der Waals surface area contributed by atoms with Crippen LogP contribution < -0.4 is 4.74 Å². The summed E-state index contributed by atoms with van der Waals surface area (Å²) in [6.45, 7) is 10.0. The van der Waals surface area contributed by atoms with Crippen LogP contribution >= 0.6 is 0 Å². The van der Waals surface area contributed by atoms with Crippen LogP contribution in [-0.4, -0.2) is 12.1 Å². The maximum atomic E-state index is 14.8. The molecule has 0 aromatic heterocycles. The number of hydrogen-bond acceptors (Lipinski definition) is 4. The van der Waals surface area contributed by atoms with Gasteiger partial charge in [0, 0.05) is 0 Å². The summed E-state index contributed by atoms with van der Waals surface area (Å²) in [5.41, 5.74) is 2.21. The number of benzene rings is 1. The Morgan fingerprint density at radius 1 is 0.974 bits per heavy atom. The lowest BCUT2D eigenvalue weighted by Crippen LogP contribution is -2.18. The van der Waals surface area contributed by atoms with E-state index in [1.165, 1.54) is 43.7 Å². The van der Waals surface area contributed by atoms with Gasteiger partial charge in [-0.2, -0.15) is 4.89 Å². The van der Waals surface area contributed by atoms with E-state index in [-0.39, 0.29) is 24.0 Å². The van der Waals surface area contributed by atoms with Crippen LogP contribution in [0.2, 0.25) is 0 Å². The Kier molecular flexibility index (Phi) is 10.6. The molecule has 3 aliphatic carbocycles. The molecule has 208 valence electrons. The van der Waals surface area contributed by atoms with Crippen LogP contribution in [0.4, 0.5) is 4.39 Å². The molecule has 0 saturated heterocycles.